The molecule has 0 atom stereocenters. The van der Waals surface area contributed by atoms with E-state index in [1.807, 2.05) is 0 Å². The summed E-state index contributed by atoms with van der Waals surface area (Å²) < 4.78 is 10.0. The van der Waals surface area contributed by atoms with Gasteiger partial charge in [-0.15, -0.1) is 0 Å². The fourth-order valence-electron chi connectivity index (χ4n) is 2.09. The van der Waals surface area contributed by atoms with Crippen LogP contribution in [0, 0.1) is 0 Å². The van der Waals surface area contributed by atoms with E-state index in [4.69, 9.17) is 9.47 Å². The molecule has 0 aromatic carbocycles. The number of nitrogens with one attached hydrogen (secondary N) is 1. The lowest BCUT2D eigenvalue weighted by atomic mass is 10.2. The molecular formula is C17H28N2O6. The first-order chi connectivity index (χ1) is 11.9. The Morgan fingerprint density at radius 2 is 1.68 bits per heavy atom. The first-order valence-corrected chi connectivity index (χ1v) is 8.63. The van der Waals surface area contributed by atoms with Crippen LogP contribution in [0.3, 0.4) is 0 Å². The largest absolute Gasteiger partial charge is 0.464 e. The Labute approximate surface area is 148 Å². The summed E-state index contributed by atoms with van der Waals surface area (Å²) in [6, 6.07) is 0.279. The molecule has 1 N–H and O–H groups in total. The molecule has 0 aromatic heterocycles. The third-order valence-corrected chi connectivity index (χ3v) is 3.73. The molecule has 25 heavy (non-hydrogen) atoms. The number of esters is 1. The molecule has 0 aliphatic heterocycles. The Balaban J connectivity index is 2.30. The summed E-state index contributed by atoms with van der Waals surface area (Å²) in [5.74, 6) is -0.822. The van der Waals surface area contributed by atoms with Crippen LogP contribution in [0.1, 0.15) is 45.4 Å². The van der Waals surface area contributed by atoms with Crippen LogP contribution in [-0.2, 0) is 28.7 Å². The monoisotopic (exact) mass is 356 g/mol. The van der Waals surface area contributed by atoms with Crippen molar-refractivity contribution in [1.82, 2.24) is 10.2 Å². The molecule has 142 valence electrons. The van der Waals surface area contributed by atoms with Crippen molar-refractivity contribution in [2.24, 2.45) is 0 Å². The van der Waals surface area contributed by atoms with Gasteiger partial charge in [0.1, 0.15) is 12.4 Å². The van der Waals surface area contributed by atoms with Crippen molar-refractivity contribution in [1.29, 1.82) is 0 Å². The van der Waals surface area contributed by atoms with Crippen molar-refractivity contribution in [3.05, 3.63) is 0 Å². The van der Waals surface area contributed by atoms with E-state index in [1.54, 1.807) is 0 Å². The van der Waals surface area contributed by atoms with Gasteiger partial charge in [-0.2, -0.15) is 0 Å². The van der Waals surface area contributed by atoms with E-state index in [2.05, 4.69) is 5.32 Å². The number of ketones is 1. The zero-order chi connectivity index (χ0) is 18.7. The molecule has 0 aromatic rings. The SMILES string of the molecule is COCCN(CCOC(=O)CCC(C)=O)C(=O)CCC(=O)NC1CC1. The van der Waals surface area contributed by atoms with E-state index in [0.717, 1.165) is 12.8 Å². The predicted molar refractivity (Wildman–Crippen MR) is 89.7 cm³/mol. The average Bonchev–Trinajstić information content (AvgIpc) is 3.37. The molecular weight excluding hydrogens is 328 g/mol. The van der Waals surface area contributed by atoms with E-state index in [-0.39, 0.29) is 62.5 Å². The molecule has 2 amide bonds. The van der Waals surface area contributed by atoms with Crippen molar-refractivity contribution >= 4 is 23.6 Å². The number of hydrogen-bond donors (Lipinski definition) is 1. The highest BCUT2D eigenvalue weighted by Crippen LogP contribution is 2.18. The minimum atomic E-state index is -0.460. The number of ether oxygens (including phenoxy) is 2. The molecule has 1 aliphatic rings. The highest BCUT2D eigenvalue weighted by molar-refractivity contribution is 5.84. The van der Waals surface area contributed by atoms with E-state index in [0.29, 0.717) is 13.2 Å². The maximum absolute atomic E-state index is 12.3. The van der Waals surface area contributed by atoms with E-state index in [9.17, 15) is 19.2 Å². The first-order valence-electron chi connectivity index (χ1n) is 8.63. The third kappa shape index (κ3) is 10.5. The maximum atomic E-state index is 12.3. The molecule has 0 radical (unpaired) electrons. The predicted octanol–water partition coefficient (Wildman–Crippen LogP) is 0.433. The summed E-state index contributed by atoms with van der Waals surface area (Å²) in [6.45, 7) is 2.43. The van der Waals surface area contributed by atoms with Crippen LogP contribution < -0.4 is 5.32 Å². The number of Topliss-reactive ketones (excluding diaryl/α,β-unsaturated/α-hetero) is 1. The number of rotatable bonds is 13. The highest BCUT2D eigenvalue weighted by Gasteiger charge is 2.23. The first kappa shape index (κ1) is 21.1. The minimum absolute atomic E-state index is 0.0443. The van der Waals surface area contributed by atoms with Crippen molar-refractivity contribution in [2.75, 3.05) is 33.4 Å². The van der Waals surface area contributed by atoms with E-state index < -0.39 is 5.97 Å². The molecule has 0 bridgehead atoms. The van der Waals surface area contributed by atoms with Crippen LogP contribution in [0.15, 0.2) is 0 Å². The normalized spacial score (nSPS) is 13.2. The molecule has 1 fully saturated rings. The Kier molecular flexibility index (Phi) is 9.76. The zero-order valence-electron chi connectivity index (χ0n) is 15.0. The van der Waals surface area contributed by atoms with Gasteiger partial charge in [0.05, 0.1) is 19.6 Å². The van der Waals surface area contributed by atoms with Crippen LogP contribution in [0.2, 0.25) is 0 Å². The molecule has 0 saturated heterocycles. The van der Waals surface area contributed by atoms with Gasteiger partial charge in [0.15, 0.2) is 0 Å². The molecule has 0 unspecified atom stereocenters. The summed E-state index contributed by atoms with van der Waals surface area (Å²) in [4.78, 5) is 47.7. The fraction of sp³-hybridized carbons (Fsp3) is 0.765. The van der Waals surface area contributed by atoms with Crippen LogP contribution >= 0.6 is 0 Å². The van der Waals surface area contributed by atoms with Crippen LogP contribution in [0.5, 0.6) is 0 Å². The standard InChI is InChI=1S/C17H28N2O6/c1-13(20)3-8-17(23)25-12-10-19(9-11-24-2)16(22)7-6-15(21)18-14-4-5-14/h14H,3-12H2,1-2H3,(H,18,21). The molecule has 0 heterocycles. The number of hydrogen-bond acceptors (Lipinski definition) is 6. The summed E-state index contributed by atoms with van der Waals surface area (Å²) in [5.41, 5.74) is 0. The Bertz CT molecular complexity index is 476. The lowest BCUT2D eigenvalue weighted by molar-refractivity contribution is -0.146. The summed E-state index contributed by atoms with van der Waals surface area (Å²) >= 11 is 0. The Hall–Kier alpha value is -1.96. The zero-order valence-corrected chi connectivity index (χ0v) is 15.0. The quantitative estimate of drug-likeness (QED) is 0.480. The Morgan fingerprint density at radius 1 is 1.00 bits per heavy atom. The van der Waals surface area contributed by atoms with Crippen molar-refractivity contribution in [2.45, 2.75) is 51.5 Å². The van der Waals surface area contributed by atoms with Gasteiger partial charge in [-0.3, -0.25) is 14.4 Å². The molecule has 8 nitrogen and oxygen atoms in total. The number of nitrogens with zero attached hydrogens (tertiary/aromatic N) is 1. The number of carbonyl (C=O) groups excluding carboxylic acids is 4. The van der Waals surface area contributed by atoms with Gasteiger partial charge in [0, 0.05) is 39.0 Å². The number of methoxy groups -OCH3 is 1. The summed E-state index contributed by atoms with van der Waals surface area (Å²) in [6.07, 6.45) is 2.48. The van der Waals surface area contributed by atoms with Gasteiger partial charge in [-0.25, -0.2) is 0 Å². The maximum Gasteiger partial charge on any atom is 0.306 e. The lowest BCUT2D eigenvalue weighted by Crippen LogP contribution is -2.37. The van der Waals surface area contributed by atoms with Gasteiger partial charge in [-0.1, -0.05) is 0 Å². The summed E-state index contributed by atoms with van der Waals surface area (Å²) in [7, 11) is 1.54. The highest BCUT2D eigenvalue weighted by atomic mass is 16.5. The smallest absolute Gasteiger partial charge is 0.306 e. The second kappa shape index (κ2) is 11.6. The Morgan fingerprint density at radius 3 is 2.28 bits per heavy atom. The van der Waals surface area contributed by atoms with Gasteiger partial charge >= 0.3 is 5.97 Å². The fourth-order valence-corrected chi connectivity index (χ4v) is 2.09. The van der Waals surface area contributed by atoms with Crippen molar-refractivity contribution in [3.8, 4) is 0 Å². The molecule has 1 aliphatic carbocycles. The van der Waals surface area contributed by atoms with Crippen molar-refractivity contribution in [3.63, 3.8) is 0 Å². The molecule has 8 heteroatoms. The van der Waals surface area contributed by atoms with E-state index in [1.165, 1.54) is 18.9 Å². The van der Waals surface area contributed by atoms with Gasteiger partial charge < -0.3 is 24.5 Å². The number of carbonyl (C=O) groups is 4. The van der Waals surface area contributed by atoms with Crippen LogP contribution in [0.25, 0.3) is 0 Å². The van der Waals surface area contributed by atoms with Crippen molar-refractivity contribution < 1.29 is 28.7 Å². The van der Waals surface area contributed by atoms with Gasteiger partial charge in [-0.05, 0) is 19.8 Å². The van der Waals surface area contributed by atoms with Gasteiger partial charge in [0.2, 0.25) is 11.8 Å². The third-order valence-electron chi connectivity index (χ3n) is 3.73. The lowest BCUT2D eigenvalue weighted by Gasteiger charge is -2.22. The topological polar surface area (TPSA) is 102 Å². The van der Waals surface area contributed by atoms with E-state index >= 15 is 0 Å². The summed E-state index contributed by atoms with van der Waals surface area (Å²) in [5, 5.41) is 2.84. The average molecular weight is 356 g/mol. The van der Waals surface area contributed by atoms with Crippen LogP contribution in [0.4, 0.5) is 0 Å². The number of amides is 2. The molecule has 1 saturated carbocycles. The van der Waals surface area contributed by atoms with Crippen LogP contribution in [-0.4, -0.2) is 67.9 Å². The van der Waals surface area contributed by atoms with Gasteiger partial charge in [0.25, 0.3) is 0 Å². The molecule has 0 spiro atoms. The second-order valence-corrected chi connectivity index (χ2v) is 6.14. The second-order valence-electron chi connectivity index (χ2n) is 6.14. The molecule has 1 rings (SSSR count). The minimum Gasteiger partial charge on any atom is -0.464 e.